The van der Waals surface area contributed by atoms with Crippen LogP contribution in [0.15, 0.2) is 35.2 Å². The Morgan fingerprint density at radius 2 is 1.91 bits per heavy atom. The number of rotatable bonds is 3. The number of benzene rings is 1. The predicted molar refractivity (Wildman–Crippen MR) is 83.0 cm³/mol. The van der Waals surface area contributed by atoms with Crippen LogP contribution in [-0.4, -0.2) is 29.0 Å². The van der Waals surface area contributed by atoms with Gasteiger partial charge in [-0.1, -0.05) is 0 Å². The number of fused-ring (bicyclic) bond motifs is 1. The first-order valence-corrected chi connectivity index (χ1v) is 9.09. The van der Waals surface area contributed by atoms with Gasteiger partial charge in [0.25, 0.3) is 0 Å². The Balaban J connectivity index is 1.60. The maximum absolute atomic E-state index is 12.8. The Kier molecular flexibility index (Phi) is 3.25. The van der Waals surface area contributed by atoms with Crippen molar-refractivity contribution in [2.75, 3.05) is 6.54 Å². The molecule has 118 valence electrons. The highest BCUT2D eigenvalue weighted by molar-refractivity contribution is 7.89. The van der Waals surface area contributed by atoms with E-state index in [1.54, 1.807) is 0 Å². The van der Waals surface area contributed by atoms with Gasteiger partial charge in [0.15, 0.2) is 0 Å². The third-order valence-electron chi connectivity index (χ3n) is 4.40. The Morgan fingerprint density at radius 3 is 2.57 bits per heavy atom. The molecule has 2 aromatic rings. The average molecular weight is 328 g/mol. The van der Waals surface area contributed by atoms with Crippen molar-refractivity contribution in [3.63, 3.8) is 0 Å². The van der Waals surface area contributed by atoms with Gasteiger partial charge < -0.3 is 0 Å². The topological polar surface area (TPSA) is 79.0 Å². The van der Waals surface area contributed by atoms with Crippen molar-refractivity contribution in [2.24, 2.45) is 0 Å². The second kappa shape index (κ2) is 5.18. The molecule has 7 heteroatoms. The number of nitriles is 1. The minimum Gasteiger partial charge on any atom is -0.267 e. The molecular formula is C16H16N4O2S. The Hall–Kier alpha value is -2.17. The van der Waals surface area contributed by atoms with E-state index in [4.69, 9.17) is 5.26 Å². The summed E-state index contributed by atoms with van der Waals surface area (Å²) in [5.74, 6) is 0.566. The highest BCUT2D eigenvalue weighted by atomic mass is 32.2. The maximum atomic E-state index is 12.8. The van der Waals surface area contributed by atoms with Crippen LogP contribution in [-0.2, 0) is 23.1 Å². The van der Waals surface area contributed by atoms with Crippen molar-refractivity contribution in [2.45, 2.75) is 36.7 Å². The lowest BCUT2D eigenvalue weighted by Crippen LogP contribution is -2.38. The van der Waals surface area contributed by atoms with Crippen LogP contribution < -0.4 is 0 Å². The summed E-state index contributed by atoms with van der Waals surface area (Å²) >= 11 is 0. The lowest BCUT2D eigenvalue weighted by atomic mass is 10.2. The summed E-state index contributed by atoms with van der Waals surface area (Å²) in [6.07, 6.45) is 2.37. The monoisotopic (exact) mass is 328 g/mol. The first kappa shape index (κ1) is 14.4. The largest absolute Gasteiger partial charge is 0.267 e. The molecular weight excluding hydrogens is 312 g/mol. The van der Waals surface area contributed by atoms with Gasteiger partial charge in [-0.25, -0.2) is 8.42 Å². The van der Waals surface area contributed by atoms with E-state index in [0.717, 1.165) is 11.4 Å². The highest BCUT2D eigenvalue weighted by Crippen LogP contribution is 2.40. The Labute approximate surface area is 135 Å². The molecule has 1 aliphatic heterocycles. The molecule has 0 bridgehead atoms. The number of sulfonamides is 1. The summed E-state index contributed by atoms with van der Waals surface area (Å²) in [6.45, 7) is 1.35. The molecule has 0 radical (unpaired) electrons. The smallest absolute Gasteiger partial charge is 0.243 e. The zero-order valence-electron chi connectivity index (χ0n) is 12.5. The molecule has 23 heavy (non-hydrogen) atoms. The zero-order valence-corrected chi connectivity index (χ0v) is 13.3. The van der Waals surface area contributed by atoms with Crippen LogP contribution in [0.3, 0.4) is 0 Å². The van der Waals surface area contributed by atoms with E-state index in [2.05, 4.69) is 5.10 Å². The second-order valence-electron chi connectivity index (χ2n) is 6.03. The van der Waals surface area contributed by atoms with Gasteiger partial charge in [-0.2, -0.15) is 14.7 Å². The summed E-state index contributed by atoms with van der Waals surface area (Å²) in [5.41, 5.74) is 2.50. The molecule has 2 aliphatic rings. The molecule has 1 aromatic heterocycles. The fraction of sp³-hybridized carbons (Fsp3) is 0.375. The summed E-state index contributed by atoms with van der Waals surface area (Å²) in [7, 11) is -3.54. The van der Waals surface area contributed by atoms with Crippen LogP contribution in [0.2, 0.25) is 0 Å². The molecule has 6 nitrogen and oxygen atoms in total. The zero-order chi connectivity index (χ0) is 16.0. The predicted octanol–water partition coefficient (Wildman–Crippen LogP) is 1.84. The highest BCUT2D eigenvalue weighted by Gasteiger charge is 2.32. The Morgan fingerprint density at radius 1 is 1.17 bits per heavy atom. The van der Waals surface area contributed by atoms with Crippen LogP contribution >= 0.6 is 0 Å². The molecule has 1 saturated carbocycles. The molecule has 1 aliphatic carbocycles. The fourth-order valence-corrected chi connectivity index (χ4v) is 4.30. The van der Waals surface area contributed by atoms with Crippen LogP contribution in [0.5, 0.6) is 0 Å². The lowest BCUT2D eigenvalue weighted by molar-refractivity contribution is 0.326. The SMILES string of the molecule is N#Cc1ccc(S(=O)(=O)N2CCn3nc(C4CC4)cc3C2)cc1. The van der Waals surface area contributed by atoms with Crippen LogP contribution in [0, 0.1) is 11.3 Å². The van der Waals surface area contributed by atoms with Gasteiger partial charge in [0.05, 0.1) is 41.0 Å². The third-order valence-corrected chi connectivity index (χ3v) is 6.26. The van der Waals surface area contributed by atoms with Crippen molar-refractivity contribution in [3.05, 3.63) is 47.3 Å². The minimum absolute atomic E-state index is 0.229. The van der Waals surface area contributed by atoms with E-state index in [-0.39, 0.29) is 4.90 Å². The molecule has 0 N–H and O–H groups in total. The van der Waals surface area contributed by atoms with Crippen LogP contribution in [0.4, 0.5) is 0 Å². The minimum atomic E-state index is -3.54. The molecule has 2 heterocycles. The van der Waals surface area contributed by atoms with Gasteiger partial charge in [0, 0.05) is 12.5 Å². The molecule has 0 spiro atoms. The number of hydrogen-bond donors (Lipinski definition) is 0. The maximum Gasteiger partial charge on any atom is 0.243 e. The molecule has 0 atom stereocenters. The molecule has 0 unspecified atom stereocenters. The lowest BCUT2D eigenvalue weighted by Gasteiger charge is -2.26. The van der Waals surface area contributed by atoms with Gasteiger partial charge >= 0.3 is 0 Å². The number of nitrogens with zero attached hydrogens (tertiary/aromatic N) is 4. The van der Waals surface area contributed by atoms with E-state index >= 15 is 0 Å². The summed E-state index contributed by atoms with van der Waals surface area (Å²) < 4.78 is 28.9. The van der Waals surface area contributed by atoms with E-state index in [1.807, 2.05) is 16.8 Å². The van der Waals surface area contributed by atoms with Gasteiger partial charge in [-0.05, 0) is 43.2 Å². The average Bonchev–Trinajstić information content (AvgIpc) is 3.33. The molecule has 4 rings (SSSR count). The fourth-order valence-electron chi connectivity index (χ4n) is 2.90. The van der Waals surface area contributed by atoms with Crippen molar-refractivity contribution >= 4 is 10.0 Å². The van der Waals surface area contributed by atoms with Gasteiger partial charge in [0.1, 0.15) is 0 Å². The van der Waals surface area contributed by atoms with Crippen molar-refractivity contribution in [3.8, 4) is 6.07 Å². The quantitative estimate of drug-likeness (QED) is 0.861. The van der Waals surface area contributed by atoms with E-state index in [0.29, 0.717) is 31.1 Å². The number of hydrogen-bond acceptors (Lipinski definition) is 4. The third kappa shape index (κ3) is 2.54. The van der Waals surface area contributed by atoms with E-state index in [9.17, 15) is 8.42 Å². The normalized spacial score (nSPS) is 18.4. The molecule has 0 amide bonds. The van der Waals surface area contributed by atoms with Gasteiger partial charge in [-0.3, -0.25) is 4.68 Å². The van der Waals surface area contributed by atoms with Crippen molar-refractivity contribution in [1.82, 2.24) is 14.1 Å². The molecule has 1 aromatic carbocycles. The standard InChI is InChI=1S/C16H16N4O2S/c17-10-12-1-5-15(6-2-12)23(21,22)19-7-8-20-14(11-19)9-16(18-20)13-3-4-13/h1-2,5-6,9,13H,3-4,7-8,11H2. The summed E-state index contributed by atoms with van der Waals surface area (Å²) in [4.78, 5) is 0.229. The Bertz CT molecular complexity index is 889. The van der Waals surface area contributed by atoms with E-state index < -0.39 is 10.0 Å². The van der Waals surface area contributed by atoms with Crippen molar-refractivity contribution in [1.29, 1.82) is 5.26 Å². The molecule has 0 saturated heterocycles. The van der Waals surface area contributed by atoms with Crippen LogP contribution in [0.25, 0.3) is 0 Å². The number of aromatic nitrogens is 2. The van der Waals surface area contributed by atoms with Gasteiger partial charge in [-0.15, -0.1) is 0 Å². The van der Waals surface area contributed by atoms with Crippen molar-refractivity contribution < 1.29 is 8.42 Å². The summed E-state index contributed by atoms with van der Waals surface area (Å²) in [5, 5.41) is 13.4. The summed E-state index contributed by atoms with van der Waals surface area (Å²) in [6, 6.07) is 10.1. The first-order valence-electron chi connectivity index (χ1n) is 7.65. The molecule has 1 fully saturated rings. The van der Waals surface area contributed by atoms with Gasteiger partial charge in [0.2, 0.25) is 10.0 Å². The van der Waals surface area contributed by atoms with Crippen LogP contribution in [0.1, 0.15) is 35.7 Å². The first-order chi connectivity index (χ1) is 11.1. The van der Waals surface area contributed by atoms with E-state index in [1.165, 1.54) is 41.4 Å². The second-order valence-corrected chi connectivity index (χ2v) is 7.97.